The Bertz CT molecular complexity index is 1070. The van der Waals surface area contributed by atoms with Gasteiger partial charge in [-0.05, 0) is 48.9 Å². The van der Waals surface area contributed by atoms with E-state index in [2.05, 4.69) is 14.2 Å². The number of sulfonamides is 2. The van der Waals surface area contributed by atoms with E-state index in [4.69, 9.17) is 0 Å². The number of esters is 1. The Labute approximate surface area is 162 Å². The van der Waals surface area contributed by atoms with Crippen LogP contribution in [-0.2, 0) is 24.8 Å². The molecule has 11 heteroatoms. The number of hydrogen-bond donors (Lipinski definition) is 2. The first-order valence-corrected chi connectivity index (χ1v) is 11.1. The van der Waals surface area contributed by atoms with E-state index in [1.165, 1.54) is 24.3 Å². The summed E-state index contributed by atoms with van der Waals surface area (Å²) in [5.74, 6) is -1.87. The van der Waals surface area contributed by atoms with Gasteiger partial charge in [0.2, 0.25) is 10.0 Å². The van der Waals surface area contributed by atoms with Crippen molar-refractivity contribution in [3.63, 3.8) is 0 Å². The first-order valence-electron chi connectivity index (χ1n) is 8.11. The molecule has 0 aromatic heterocycles. The second-order valence-electron chi connectivity index (χ2n) is 5.66. The molecule has 2 aromatic carbocycles. The molecular formula is C17H19FN2O6S2. The van der Waals surface area contributed by atoms with Gasteiger partial charge in [-0.2, -0.15) is 0 Å². The molecule has 0 saturated carbocycles. The Hall–Kier alpha value is -2.50. The highest BCUT2D eigenvalue weighted by molar-refractivity contribution is 7.92. The molecule has 0 saturated heterocycles. The van der Waals surface area contributed by atoms with Gasteiger partial charge in [-0.3, -0.25) is 4.72 Å². The minimum absolute atomic E-state index is 0.0253. The van der Waals surface area contributed by atoms with Crippen LogP contribution >= 0.6 is 0 Å². The Morgan fingerprint density at radius 1 is 1.04 bits per heavy atom. The highest BCUT2D eigenvalue weighted by atomic mass is 32.2. The van der Waals surface area contributed by atoms with Crippen molar-refractivity contribution in [2.75, 3.05) is 18.4 Å². The number of rotatable bonds is 8. The minimum Gasteiger partial charge on any atom is -0.465 e. The molecular weight excluding hydrogens is 411 g/mol. The van der Waals surface area contributed by atoms with Gasteiger partial charge in [0.1, 0.15) is 10.7 Å². The highest BCUT2D eigenvalue weighted by Crippen LogP contribution is 2.22. The fraction of sp³-hybridized carbons (Fsp3) is 0.235. The smallest absolute Gasteiger partial charge is 0.337 e. The monoisotopic (exact) mass is 430 g/mol. The molecule has 0 spiro atoms. The summed E-state index contributed by atoms with van der Waals surface area (Å²) in [4.78, 5) is 10.8. The van der Waals surface area contributed by atoms with E-state index >= 15 is 0 Å². The van der Waals surface area contributed by atoms with Gasteiger partial charge in [-0.15, -0.1) is 0 Å². The van der Waals surface area contributed by atoms with Gasteiger partial charge >= 0.3 is 5.97 Å². The Morgan fingerprint density at radius 3 is 2.25 bits per heavy atom. The van der Waals surface area contributed by atoms with Gasteiger partial charge in [0.05, 0.1) is 17.6 Å². The van der Waals surface area contributed by atoms with Crippen LogP contribution in [0, 0.1) is 5.82 Å². The van der Waals surface area contributed by atoms with Crippen molar-refractivity contribution in [1.82, 2.24) is 4.72 Å². The molecule has 0 radical (unpaired) electrons. The van der Waals surface area contributed by atoms with E-state index in [1.807, 2.05) is 6.92 Å². The number of ether oxygens (including phenoxy) is 1. The lowest BCUT2D eigenvalue weighted by atomic mass is 10.2. The van der Waals surface area contributed by atoms with Crippen molar-refractivity contribution in [3.8, 4) is 0 Å². The number of hydrogen-bond acceptors (Lipinski definition) is 6. The molecule has 28 heavy (non-hydrogen) atoms. The molecule has 0 fully saturated rings. The molecule has 152 valence electrons. The number of methoxy groups -OCH3 is 1. The summed E-state index contributed by atoms with van der Waals surface area (Å²) in [6.45, 7) is 2.08. The lowest BCUT2D eigenvalue weighted by Crippen LogP contribution is -2.24. The third-order valence-electron chi connectivity index (χ3n) is 3.60. The van der Waals surface area contributed by atoms with Crippen LogP contribution in [0.1, 0.15) is 23.7 Å². The topological polar surface area (TPSA) is 119 Å². The van der Waals surface area contributed by atoms with Crippen LogP contribution in [0.25, 0.3) is 0 Å². The molecule has 0 aliphatic carbocycles. The third-order valence-corrected chi connectivity index (χ3v) is 6.47. The van der Waals surface area contributed by atoms with E-state index in [1.54, 1.807) is 0 Å². The number of carbonyl (C=O) groups excluding carboxylic acids is 1. The Balaban J connectivity index is 2.29. The van der Waals surface area contributed by atoms with Crippen LogP contribution in [0.5, 0.6) is 0 Å². The van der Waals surface area contributed by atoms with E-state index in [0.717, 1.165) is 25.3 Å². The molecule has 8 nitrogen and oxygen atoms in total. The second kappa shape index (κ2) is 8.67. The summed E-state index contributed by atoms with van der Waals surface area (Å²) >= 11 is 0. The Morgan fingerprint density at radius 2 is 1.68 bits per heavy atom. The molecule has 2 aromatic rings. The highest BCUT2D eigenvalue weighted by Gasteiger charge is 2.22. The summed E-state index contributed by atoms with van der Waals surface area (Å²) in [6, 6.07) is 7.71. The standard InChI is InChI=1S/C17H19FN2O6S2/c1-3-10-19-27(22,23)14-7-5-13(6-8-14)20-28(24,25)16-11-12(17(21)26-2)4-9-15(16)18/h4-9,11,19-20H,3,10H2,1-2H3. The number of halogens is 1. The van der Waals surface area contributed by atoms with Crippen molar-refractivity contribution in [2.24, 2.45) is 0 Å². The van der Waals surface area contributed by atoms with Gasteiger partial charge < -0.3 is 4.74 Å². The molecule has 0 bridgehead atoms. The fourth-order valence-corrected chi connectivity index (χ4v) is 4.48. The SMILES string of the molecule is CCCNS(=O)(=O)c1ccc(NS(=O)(=O)c2cc(C(=O)OC)ccc2F)cc1. The van der Waals surface area contributed by atoms with Crippen LogP contribution < -0.4 is 9.44 Å². The van der Waals surface area contributed by atoms with Crippen LogP contribution in [0.4, 0.5) is 10.1 Å². The molecule has 0 aliphatic heterocycles. The van der Waals surface area contributed by atoms with Gasteiger partial charge in [0.15, 0.2) is 0 Å². The zero-order chi connectivity index (χ0) is 20.9. The molecule has 2 N–H and O–H groups in total. The number of benzene rings is 2. The lowest BCUT2D eigenvalue weighted by Gasteiger charge is -2.11. The van der Waals surface area contributed by atoms with E-state index < -0.39 is 36.7 Å². The summed E-state index contributed by atoms with van der Waals surface area (Å²) in [5.41, 5.74) is -0.106. The molecule has 0 heterocycles. The Kier molecular flexibility index (Phi) is 6.75. The van der Waals surface area contributed by atoms with Gasteiger partial charge in [0, 0.05) is 12.2 Å². The maximum atomic E-state index is 14.0. The second-order valence-corrected chi connectivity index (χ2v) is 9.08. The quantitative estimate of drug-likeness (QED) is 0.619. The maximum Gasteiger partial charge on any atom is 0.337 e. The van der Waals surface area contributed by atoms with E-state index in [-0.39, 0.29) is 22.7 Å². The maximum absolute atomic E-state index is 14.0. The zero-order valence-corrected chi connectivity index (χ0v) is 16.7. The number of anilines is 1. The normalized spacial score (nSPS) is 11.8. The summed E-state index contributed by atoms with van der Waals surface area (Å²) in [5, 5.41) is 0. The average Bonchev–Trinajstić information content (AvgIpc) is 2.66. The van der Waals surface area contributed by atoms with Crippen LogP contribution in [0.15, 0.2) is 52.3 Å². The number of nitrogens with one attached hydrogen (secondary N) is 2. The molecule has 2 rings (SSSR count). The molecule has 0 unspecified atom stereocenters. The van der Waals surface area contributed by atoms with E-state index in [9.17, 15) is 26.0 Å². The largest absolute Gasteiger partial charge is 0.465 e. The fourth-order valence-electron chi connectivity index (χ4n) is 2.19. The predicted octanol–water partition coefficient (Wildman–Crippen LogP) is 2.10. The summed E-state index contributed by atoms with van der Waals surface area (Å²) < 4.78 is 72.1. The van der Waals surface area contributed by atoms with Crippen molar-refractivity contribution < 1.29 is 30.8 Å². The molecule has 0 aliphatic rings. The molecule has 0 atom stereocenters. The summed E-state index contributed by atoms with van der Waals surface area (Å²) in [6.07, 6.45) is 0.618. The van der Waals surface area contributed by atoms with Crippen molar-refractivity contribution in [2.45, 2.75) is 23.1 Å². The first-order chi connectivity index (χ1) is 13.1. The predicted molar refractivity (Wildman–Crippen MR) is 100 cm³/mol. The zero-order valence-electron chi connectivity index (χ0n) is 15.1. The number of carbonyl (C=O) groups is 1. The van der Waals surface area contributed by atoms with Crippen LogP contribution in [-0.4, -0.2) is 36.5 Å². The lowest BCUT2D eigenvalue weighted by molar-refractivity contribution is 0.0600. The van der Waals surface area contributed by atoms with E-state index in [0.29, 0.717) is 6.42 Å². The van der Waals surface area contributed by atoms with Crippen molar-refractivity contribution in [3.05, 3.63) is 53.8 Å². The molecule has 0 amide bonds. The first kappa shape index (κ1) is 21.8. The van der Waals surface area contributed by atoms with Gasteiger partial charge in [0.25, 0.3) is 10.0 Å². The average molecular weight is 430 g/mol. The minimum atomic E-state index is -4.37. The van der Waals surface area contributed by atoms with Crippen LogP contribution in [0.2, 0.25) is 0 Å². The summed E-state index contributed by atoms with van der Waals surface area (Å²) in [7, 11) is -6.95. The van der Waals surface area contributed by atoms with Crippen molar-refractivity contribution >= 4 is 31.7 Å². The van der Waals surface area contributed by atoms with Gasteiger partial charge in [-0.25, -0.2) is 30.7 Å². The van der Waals surface area contributed by atoms with Gasteiger partial charge in [-0.1, -0.05) is 6.92 Å². The third kappa shape index (κ3) is 5.06. The van der Waals surface area contributed by atoms with Crippen LogP contribution in [0.3, 0.4) is 0 Å². The van der Waals surface area contributed by atoms with Crippen molar-refractivity contribution in [1.29, 1.82) is 0 Å².